The quantitative estimate of drug-likeness (QED) is 0.217. The lowest BCUT2D eigenvalue weighted by atomic mass is 10.2. The summed E-state index contributed by atoms with van der Waals surface area (Å²) in [6.45, 7) is 3.73. The molecule has 0 unspecified atom stereocenters. The minimum Gasteiger partial charge on any atom is -0.495 e. The van der Waals surface area contributed by atoms with Gasteiger partial charge in [-0.25, -0.2) is 14.4 Å². The number of Topliss-reactive ketones (excluding diaryl/α,β-unsaturated/α-hetero) is 2. The first-order chi connectivity index (χ1) is 22.0. The van der Waals surface area contributed by atoms with Gasteiger partial charge in [0.2, 0.25) is 5.78 Å². The van der Waals surface area contributed by atoms with Crippen LogP contribution in [0.25, 0.3) is 10.2 Å². The van der Waals surface area contributed by atoms with E-state index in [0.717, 1.165) is 25.0 Å². The van der Waals surface area contributed by atoms with Crippen LogP contribution in [0.3, 0.4) is 0 Å². The largest absolute Gasteiger partial charge is 0.495 e. The number of rotatable bonds is 2. The molecule has 0 spiro atoms. The topological polar surface area (TPSA) is 175 Å². The second-order valence-electron chi connectivity index (χ2n) is 10.4. The number of thioether (sulfide) groups is 2. The van der Waals surface area contributed by atoms with E-state index in [-0.39, 0.29) is 54.5 Å². The number of nitrogens with zero attached hydrogens (tertiary/aromatic N) is 6. The van der Waals surface area contributed by atoms with Gasteiger partial charge in [-0.15, -0.1) is 11.3 Å². The molecule has 2 aliphatic heterocycles. The fourth-order valence-electron chi connectivity index (χ4n) is 4.93. The highest BCUT2D eigenvalue weighted by atomic mass is 32.2. The van der Waals surface area contributed by atoms with Gasteiger partial charge in [0.05, 0.1) is 22.8 Å². The van der Waals surface area contributed by atoms with Crippen LogP contribution < -0.4 is 38.5 Å². The first kappa shape index (κ1) is 40.8. The predicted molar refractivity (Wildman–Crippen MR) is 195 cm³/mol. The number of hydrogen-bond acceptors (Lipinski definition) is 12. The molecule has 0 aromatic carbocycles. The maximum Gasteiger partial charge on any atom is 0.331 e. The summed E-state index contributed by atoms with van der Waals surface area (Å²) in [6, 6.07) is 0. The molecule has 0 saturated heterocycles. The average molecular weight is 737 g/mol. The third-order valence-corrected chi connectivity index (χ3v) is 11.5. The summed E-state index contributed by atoms with van der Waals surface area (Å²) in [5, 5.41) is 1.42. The smallest absolute Gasteiger partial charge is 0.331 e. The molecule has 0 radical (unpaired) electrons. The van der Waals surface area contributed by atoms with Crippen molar-refractivity contribution in [1.82, 2.24) is 27.4 Å². The number of ketones is 2. The first-order valence-corrected chi connectivity index (χ1v) is 16.6. The molecule has 18 heteroatoms. The third kappa shape index (κ3) is 6.63. The Labute approximate surface area is 293 Å². The maximum atomic E-state index is 12.1. The molecule has 2 aliphatic rings. The van der Waals surface area contributed by atoms with Crippen molar-refractivity contribution < 1.29 is 14.3 Å². The van der Waals surface area contributed by atoms with Crippen molar-refractivity contribution in [3.05, 3.63) is 89.5 Å². The summed E-state index contributed by atoms with van der Waals surface area (Å²) >= 11 is 3.85. The highest BCUT2D eigenvalue weighted by Crippen LogP contribution is 2.37. The fourth-order valence-corrected chi connectivity index (χ4v) is 8.13. The molecule has 4 aromatic heterocycles. The normalized spacial score (nSPS) is 13.5. The second kappa shape index (κ2) is 15.4. The van der Waals surface area contributed by atoms with Gasteiger partial charge in [0.1, 0.15) is 32.1 Å². The Kier molecular flexibility index (Phi) is 12.8. The van der Waals surface area contributed by atoms with Gasteiger partial charge in [-0.2, -0.15) is 0 Å². The number of aromatic nitrogens is 6. The van der Waals surface area contributed by atoms with Crippen molar-refractivity contribution in [3.63, 3.8) is 0 Å². The van der Waals surface area contributed by atoms with E-state index in [1.165, 1.54) is 69.7 Å². The van der Waals surface area contributed by atoms with Crippen LogP contribution in [-0.2, 0) is 48.7 Å². The van der Waals surface area contributed by atoms with Crippen LogP contribution in [0.5, 0.6) is 5.75 Å². The molecule has 0 aliphatic carbocycles. The molecule has 6 rings (SSSR count). The van der Waals surface area contributed by atoms with Crippen molar-refractivity contribution in [2.45, 2.75) is 45.2 Å². The van der Waals surface area contributed by atoms with Crippen molar-refractivity contribution in [1.29, 1.82) is 0 Å². The molecular formula is C31H40N6O9S3. The maximum absolute atomic E-state index is 12.1. The molecule has 0 bridgehead atoms. The molecule has 0 N–H and O–H groups in total. The van der Waals surface area contributed by atoms with Gasteiger partial charge in [0.25, 0.3) is 16.7 Å². The second-order valence-corrected chi connectivity index (χ2v) is 13.4. The average Bonchev–Trinajstić information content (AvgIpc) is 3.75. The highest BCUT2D eigenvalue weighted by molar-refractivity contribution is 8.04. The molecule has 0 fully saturated rings. The third-order valence-electron chi connectivity index (χ3n) is 7.60. The minimum atomic E-state index is -0.521. The fraction of sp³-hybridized carbons (Fsp3) is 0.419. The van der Waals surface area contributed by atoms with Gasteiger partial charge in [-0.1, -0.05) is 51.4 Å². The molecular weight excluding hydrogens is 697 g/mol. The molecule has 0 amide bonds. The van der Waals surface area contributed by atoms with Gasteiger partial charge in [0, 0.05) is 47.2 Å². The number of thiophene rings is 1. The van der Waals surface area contributed by atoms with Gasteiger partial charge in [0.15, 0.2) is 5.78 Å². The van der Waals surface area contributed by atoms with Crippen LogP contribution in [0.15, 0.2) is 49.8 Å². The number of methoxy groups -OCH3 is 1. The Morgan fingerprint density at radius 2 is 1.18 bits per heavy atom. The van der Waals surface area contributed by atoms with Crippen molar-refractivity contribution in [2.24, 2.45) is 42.3 Å². The Bertz CT molecular complexity index is 2400. The molecule has 4 aromatic rings. The SMILES string of the molecule is C.C.C/C=C1\Sc2c(c(=O)n(C)c(=O)n2C)C1=O.CCc1sc2c(c1OC)c(=O)n(C)c(=O)n2C.Cn1c2c(c(=O)n(C)c1=O)C(=O)CS2. The zero-order valence-corrected chi connectivity index (χ0v) is 29.5. The summed E-state index contributed by atoms with van der Waals surface area (Å²) in [5.74, 6) is 0.366. The van der Waals surface area contributed by atoms with Crippen LogP contribution in [-0.4, -0.2) is 51.8 Å². The van der Waals surface area contributed by atoms with Crippen LogP contribution in [0.2, 0.25) is 0 Å². The van der Waals surface area contributed by atoms with E-state index in [2.05, 4.69) is 0 Å². The van der Waals surface area contributed by atoms with E-state index >= 15 is 0 Å². The lowest BCUT2D eigenvalue weighted by molar-refractivity contribution is 0.101. The Morgan fingerprint density at radius 1 is 0.694 bits per heavy atom. The summed E-state index contributed by atoms with van der Waals surface area (Å²) in [5.41, 5.74) is -2.17. The zero-order valence-electron chi connectivity index (χ0n) is 27.1. The minimum absolute atomic E-state index is 0. The van der Waals surface area contributed by atoms with Crippen LogP contribution >= 0.6 is 34.9 Å². The number of fused-ring (bicyclic) bond motifs is 3. The van der Waals surface area contributed by atoms with E-state index < -0.39 is 22.5 Å². The van der Waals surface area contributed by atoms with Crippen molar-refractivity contribution >= 4 is 56.6 Å². The Morgan fingerprint density at radius 3 is 1.69 bits per heavy atom. The van der Waals surface area contributed by atoms with E-state index in [1.54, 1.807) is 41.3 Å². The summed E-state index contributed by atoms with van der Waals surface area (Å²) in [6.07, 6.45) is 2.43. The summed E-state index contributed by atoms with van der Waals surface area (Å²) < 4.78 is 12.5. The highest BCUT2D eigenvalue weighted by Gasteiger charge is 2.32. The Balaban J connectivity index is 0.000000251. The summed E-state index contributed by atoms with van der Waals surface area (Å²) in [7, 11) is 10.6. The number of carbonyl (C=O) groups is 2. The van der Waals surface area contributed by atoms with Crippen LogP contribution in [0.1, 0.15) is 54.3 Å². The van der Waals surface area contributed by atoms with E-state index in [4.69, 9.17) is 4.74 Å². The van der Waals surface area contributed by atoms with Crippen molar-refractivity contribution in [2.75, 3.05) is 12.9 Å². The Hall–Kier alpha value is -4.42. The number of aryl methyl sites for hydroxylation is 2. The van der Waals surface area contributed by atoms with Gasteiger partial charge < -0.3 is 4.74 Å². The van der Waals surface area contributed by atoms with Crippen LogP contribution in [0.4, 0.5) is 0 Å². The van der Waals surface area contributed by atoms with Gasteiger partial charge in [-0.3, -0.25) is 51.4 Å². The van der Waals surface area contributed by atoms with E-state index in [1.807, 2.05) is 6.92 Å². The van der Waals surface area contributed by atoms with E-state index in [0.29, 0.717) is 30.9 Å². The zero-order chi connectivity index (χ0) is 35.2. The lowest BCUT2D eigenvalue weighted by Crippen LogP contribution is -2.39. The molecule has 0 saturated carbocycles. The van der Waals surface area contributed by atoms with Crippen LogP contribution in [0, 0.1) is 0 Å². The first-order valence-electron chi connectivity index (χ1n) is 14.0. The van der Waals surface area contributed by atoms with Crippen molar-refractivity contribution in [3.8, 4) is 5.75 Å². The number of carbonyl (C=O) groups excluding carboxylic acids is 2. The van der Waals surface area contributed by atoms with Gasteiger partial charge in [-0.05, 0) is 13.3 Å². The number of ether oxygens (including phenoxy) is 1. The molecule has 6 heterocycles. The summed E-state index contributed by atoms with van der Waals surface area (Å²) in [4.78, 5) is 95.7. The molecule has 266 valence electrons. The molecule has 49 heavy (non-hydrogen) atoms. The lowest BCUT2D eigenvalue weighted by Gasteiger charge is -2.06. The molecule has 0 atom stereocenters. The predicted octanol–water partition coefficient (Wildman–Crippen LogP) is 1.79. The number of hydrogen-bond donors (Lipinski definition) is 0. The standard InChI is InChI=1S/C11H14N2O3S.C10H10N2O3S.C8H8N2O3S.2CH4/c1-5-6-8(16-4)7-9(14)12(2)11(15)13(3)10(7)17-6;1-4-5-7(13)6-8(14)11(2)10(15)12(3)9(6)16-5;1-9-6(12)5-4(11)3-14-7(5)10(2)8(9)13;;/h5H2,1-4H3;4H,1-3H3;3H2,1-2H3;2*1H4/b;5-4-;;;. The van der Waals surface area contributed by atoms with E-state index in [9.17, 15) is 38.4 Å². The van der Waals surface area contributed by atoms with Gasteiger partial charge >= 0.3 is 17.1 Å². The number of allylic oxidation sites excluding steroid dienone is 2. The molecule has 15 nitrogen and oxygen atoms in total. The monoisotopic (exact) mass is 736 g/mol.